The number of benzene rings is 1. The molecular formula is C25H34N2O3S2. The number of rotatable bonds is 7. The van der Waals surface area contributed by atoms with Gasteiger partial charge in [-0.25, -0.2) is 9.78 Å². The quantitative estimate of drug-likeness (QED) is 0.246. The molecule has 2 aromatic rings. The highest BCUT2D eigenvalue weighted by Crippen LogP contribution is 2.35. The molecule has 1 amide bonds. The van der Waals surface area contributed by atoms with E-state index in [1.165, 1.54) is 28.7 Å². The van der Waals surface area contributed by atoms with Crippen molar-refractivity contribution >= 4 is 40.1 Å². The van der Waals surface area contributed by atoms with E-state index in [4.69, 9.17) is 0 Å². The number of hydrogen-bond acceptors (Lipinski definition) is 5. The summed E-state index contributed by atoms with van der Waals surface area (Å²) in [6, 6.07) is 7.59. The summed E-state index contributed by atoms with van der Waals surface area (Å²) in [5, 5.41) is 12.7. The van der Waals surface area contributed by atoms with Crippen molar-refractivity contribution in [3.63, 3.8) is 0 Å². The summed E-state index contributed by atoms with van der Waals surface area (Å²) in [5.41, 5.74) is 2.84. The van der Waals surface area contributed by atoms with Crippen molar-refractivity contribution in [2.24, 2.45) is 0 Å². The van der Waals surface area contributed by atoms with Gasteiger partial charge in [0.2, 0.25) is 0 Å². The van der Waals surface area contributed by atoms with Gasteiger partial charge in [-0.3, -0.25) is 10.1 Å². The highest BCUT2D eigenvalue weighted by Gasteiger charge is 2.15. The van der Waals surface area contributed by atoms with Gasteiger partial charge in [0.1, 0.15) is 0 Å². The Hall–Kier alpha value is -2.38. The predicted molar refractivity (Wildman–Crippen MR) is 137 cm³/mol. The lowest BCUT2D eigenvalue weighted by Crippen LogP contribution is -2.14. The van der Waals surface area contributed by atoms with Gasteiger partial charge in [0.15, 0.2) is 5.13 Å². The number of aromatic nitrogens is 1. The molecule has 0 aliphatic heterocycles. The van der Waals surface area contributed by atoms with Crippen LogP contribution in [0.15, 0.2) is 56.8 Å². The normalized spacial score (nSPS) is 11.3. The van der Waals surface area contributed by atoms with Crippen molar-refractivity contribution in [3.8, 4) is 0 Å². The lowest BCUT2D eigenvalue weighted by molar-refractivity contribution is -0.132. The van der Waals surface area contributed by atoms with Gasteiger partial charge < -0.3 is 5.11 Å². The number of nitrogens with one attached hydrogen (secondary N) is 1. The van der Waals surface area contributed by atoms with Gasteiger partial charge in [-0.15, -0.1) is 0 Å². The molecule has 0 saturated heterocycles. The van der Waals surface area contributed by atoms with Crippen molar-refractivity contribution in [2.75, 3.05) is 5.32 Å². The number of carbonyl (C=O) groups excluding carboxylic acids is 1. The summed E-state index contributed by atoms with van der Waals surface area (Å²) < 4.78 is 0.889. The molecule has 0 unspecified atom stereocenters. The number of amides is 1. The van der Waals surface area contributed by atoms with E-state index >= 15 is 0 Å². The van der Waals surface area contributed by atoms with Crippen molar-refractivity contribution in [2.45, 2.75) is 71.4 Å². The minimum Gasteiger partial charge on any atom is -0.478 e. The molecule has 0 atom stereocenters. The number of thioether (sulfide) groups is 1. The number of carboxylic acid groups (broad SMARTS) is 1. The molecule has 174 valence electrons. The van der Waals surface area contributed by atoms with Gasteiger partial charge in [0, 0.05) is 5.56 Å². The van der Waals surface area contributed by atoms with Crippen LogP contribution in [0, 0.1) is 0 Å². The van der Waals surface area contributed by atoms with E-state index in [2.05, 4.69) is 31.1 Å². The molecule has 2 rings (SSSR count). The third-order valence-corrected chi connectivity index (χ3v) is 6.56. The Bertz CT molecular complexity index is 977. The maximum Gasteiger partial charge on any atom is 0.335 e. The molecule has 5 nitrogen and oxygen atoms in total. The number of thiazole rings is 1. The summed E-state index contributed by atoms with van der Waals surface area (Å²) in [4.78, 5) is 29.1. The topological polar surface area (TPSA) is 79.3 Å². The first-order chi connectivity index (χ1) is 15.0. The third-order valence-electron chi connectivity index (χ3n) is 4.37. The van der Waals surface area contributed by atoms with Gasteiger partial charge >= 0.3 is 5.97 Å². The predicted octanol–water partition coefficient (Wildman–Crippen LogP) is 7.53. The molecule has 0 saturated carbocycles. The SMILES string of the molecule is CC.CC/C(=C\C(C(=O)O)=C(C)C)Sc1cnc(NC(=O)c2ccc(C(C)(C)C)cc2)s1. The first-order valence-electron chi connectivity index (χ1n) is 10.7. The van der Waals surface area contributed by atoms with Gasteiger partial charge in [-0.1, -0.05) is 82.3 Å². The molecule has 0 bridgehead atoms. The highest BCUT2D eigenvalue weighted by molar-refractivity contribution is 8.04. The molecule has 32 heavy (non-hydrogen) atoms. The van der Waals surface area contributed by atoms with Gasteiger partial charge in [-0.2, -0.15) is 0 Å². The van der Waals surface area contributed by atoms with E-state index in [1.54, 1.807) is 26.1 Å². The molecular weight excluding hydrogens is 440 g/mol. The van der Waals surface area contributed by atoms with E-state index in [0.717, 1.165) is 14.7 Å². The maximum absolute atomic E-state index is 12.5. The molecule has 7 heteroatoms. The smallest absolute Gasteiger partial charge is 0.335 e. The largest absolute Gasteiger partial charge is 0.478 e. The molecule has 0 spiro atoms. The van der Waals surface area contributed by atoms with Crippen LogP contribution in [0.5, 0.6) is 0 Å². The first kappa shape index (κ1) is 27.7. The van der Waals surface area contributed by atoms with Crippen molar-refractivity contribution in [3.05, 3.63) is 63.7 Å². The second-order valence-corrected chi connectivity index (χ2v) is 10.5. The molecule has 1 aromatic carbocycles. The van der Waals surface area contributed by atoms with Crippen molar-refractivity contribution in [1.29, 1.82) is 0 Å². The Kier molecular flexibility index (Phi) is 10.9. The minimum atomic E-state index is -0.934. The van der Waals surface area contributed by atoms with Crippen LogP contribution in [0.2, 0.25) is 0 Å². The maximum atomic E-state index is 12.5. The van der Waals surface area contributed by atoms with Crippen molar-refractivity contribution < 1.29 is 14.7 Å². The van der Waals surface area contributed by atoms with Crippen LogP contribution in [0.4, 0.5) is 5.13 Å². The number of carbonyl (C=O) groups is 2. The zero-order valence-electron chi connectivity index (χ0n) is 20.2. The molecule has 0 aliphatic carbocycles. The Morgan fingerprint density at radius 1 is 1.16 bits per heavy atom. The van der Waals surface area contributed by atoms with Gasteiger partial charge in [-0.05, 0) is 54.4 Å². The van der Waals surface area contributed by atoms with E-state index in [9.17, 15) is 14.7 Å². The Morgan fingerprint density at radius 2 is 1.75 bits per heavy atom. The average molecular weight is 475 g/mol. The lowest BCUT2D eigenvalue weighted by Gasteiger charge is -2.18. The van der Waals surface area contributed by atoms with Crippen LogP contribution in [-0.4, -0.2) is 22.0 Å². The van der Waals surface area contributed by atoms with E-state index in [1.807, 2.05) is 45.0 Å². The van der Waals surface area contributed by atoms with Crippen LogP contribution >= 0.6 is 23.1 Å². The number of anilines is 1. The zero-order valence-corrected chi connectivity index (χ0v) is 21.8. The monoisotopic (exact) mass is 474 g/mol. The average Bonchev–Trinajstić information content (AvgIpc) is 3.18. The number of nitrogens with zero attached hydrogens (tertiary/aromatic N) is 1. The Balaban J connectivity index is 0.00000249. The first-order valence-corrected chi connectivity index (χ1v) is 12.3. The fourth-order valence-corrected chi connectivity index (χ4v) is 4.52. The Morgan fingerprint density at radius 3 is 2.22 bits per heavy atom. The lowest BCUT2D eigenvalue weighted by atomic mass is 9.87. The minimum absolute atomic E-state index is 0.0347. The van der Waals surface area contributed by atoms with E-state index in [-0.39, 0.29) is 11.3 Å². The third kappa shape index (κ3) is 8.28. The number of allylic oxidation sites excluding steroid dienone is 2. The molecule has 0 fully saturated rings. The summed E-state index contributed by atoms with van der Waals surface area (Å²) in [5.74, 6) is -1.14. The molecule has 1 heterocycles. The summed E-state index contributed by atoms with van der Waals surface area (Å²) in [6.45, 7) is 15.9. The summed E-state index contributed by atoms with van der Waals surface area (Å²) in [6.07, 6.45) is 4.10. The van der Waals surface area contributed by atoms with Crippen LogP contribution in [-0.2, 0) is 10.2 Å². The fourth-order valence-electron chi connectivity index (χ4n) is 2.57. The van der Waals surface area contributed by atoms with E-state index in [0.29, 0.717) is 22.7 Å². The standard InChI is InChI=1S/C23H28N2O3S2.C2H6/c1-7-17(12-18(14(2)3)21(27)28)29-19-13-24-22(30-19)25-20(26)15-8-10-16(11-9-15)23(4,5)6;1-2/h8-13H,7H2,1-6H3,(H,27,28)(H,24,25,26);1-2H3/b17-12+;. The summed E-state index contributed by atoms with van der Waals surface area (Å²) >= 11 is 2.84. The highest BCUT2D eigenvalue weighted by atomic mass is 32.2. The molecule has 2 N–H and O–H groups in total. The number of aliphatic carboxylic acids is 1. The molecule has 0 aliphatic rings. The van der Waals surface area contributed by atoms with Crippen molar-refractivity contribution in [1.82, 2.24) is 4.98 Å². The van der Waals surface area contributed by atoms with Crippen LogP contribution in [0.3, 0.4) is 0 Å². The van der Waals surface area contributed by atoms with Crippen LogP contribution in [0.25, 0.3) is 0 Å². The molecule has 1 aromatic heterocycles. The van der Waals surface area contributed by atoms with Gasteiger partial charge in [0.25, 0.3) is 5.91 Å². The van der Waals surface area contributed by atoms with Crippen LogP contribution in [0.1, 0.15) is 77.7 Å². The summed E-state index contributed by atoms with van der Waals surface area (Å²) in [7, 11) is 0. The number of hydrogen-bond donors (Lipinski definition) is 2. The Labute approximate surface area is 200 Å². The zero-order chi connectivity index (χ0) is 24.5. The van der Waals surface area contributed by atoms with Gasteiger partial charge in [0.05, 0.1) is 16.0 Å². The molecule has 0 radical (unpaired) electrons. The number of carboxylic acids is 1. The van der Waals surface area contributed by atoms with Crippen LogP contribution < -0.4 is 5.32 Å². The fraction of sp³-hybridized carbons (Fsp3) is 0.400. The second kappa shape index (κ2) is 12.6. The van der Waals surface area contributed by atoms with E-state index < -0.39 is 5.97 Å². The second-order valence-electron chi connectivity index (χ2n) is 8.05.